The highest BCUT2D eigenvalue weighted by Crippen LogP contribution is 2.12. The van der Waals surface area contributed by atoms with Crippen LogP contribution in [0, 0.1) is 11.3 Å². The van der Waals surface area contributed by atoms with E-state index in [9.17, 15) is 13.2 Å². The number of carbonyl (C=O) groups excluding carboxylic acids is 1. The minimum absolute atomic E-state index is 0.0188. The van der Waals surface area contributed by atoms with Gasteiger partial charge in [-0.1, -0.05) is 19.1 Å². The lowest BCUT2D eigenvalue weighted by atomic mass is 10.2. The number of amides is 1. The number of nitriles is 1. The summed E-state index contributed by atoms with van der Waals surface area (Å²) >= 11 is 0. The third-order valence-electron chi connectivity index (χ3n) is 2.25. The van der Waals surface area contributed by atoms with Gasteiger partial charge in [0.15, 0.2) is 0 Å². The van der Waals surface area contributed by atoms with Crippen LogP contribution in [0.4, 0.5) is 5.69 Å². The third-order valence-corrected chi connectivity index (χ3v) is 3.78. The number of carbonyl (C=O) groups is 1. The van der Waals surface area contributed by atoms with E-state index >= 15 is 0 Å². The molecule has 0 atom stereocenters. The second-order valence-corrected chi connectivity index (χ2v) is 5.77. The van der Waals surface area contributed by atoms with Crippen molar-refractivity contribution in [2.45, 2.75) is 13.3 Å². The van der Waals surface area contributed by atoms with E-state index in [1.54, 1.807) is 31.2 Å². The van der Waals surface area contributed by atoms with Crippen molar-refractivity contribution in [2.24, 2.45) is 0 Å². The highest BCUT2D eigenvalue weighted by atomic mass is 32.2. The van der Waals surface area contributed by atoms with Gasteiger partial charge in [-0.15, -0.1) is 0 Å². The van der Waals surface area contributed by atoms with E-state index in [4.69, 9.17) is 5.26 Å². The van der Waals surface area contributed by atoms with Gasteiger partial charge in [-0.05, 0) is 18.6 Å². The molecule has 0 fully saturated rings. The summed E-state index contributed by atoms with van der Waals surface area (Å²) in [6.45, 7) is 1.39. The summed E-state index contributed by atoms with van der Waals surface area (Å²) in [5.41, 5.74) is 0.692. The van der Waals surface area contributed by atoms with Crippen LogP contribution in [0.25, 0.3) is 0 Å². The van der Waals surface area contributed by atoms with E-state index in [-0.39, 0.29) is 12.3 Å². The predicted octanol–water partition coefficient (Wildman–Crippen LogP) is 0.826. The second-order valence-electron chi connectivity index (χ2n) is 3.85. The number of nitrogens with zero attached hydrogens (tertiary/aromatic N) is 1. The summed E-state index contributed by atoms with van der Waals surface area (Å²) in [5, 5.41) is 11.3. The lowest BCUT2D eigenvalue weighted by Gasteiger charge is -2.08. The Bertz CT molecular complexity index is 590. The molecule has 1 amide bonds. The van der Waals surface area contributed by atoms with Gasteiger partial charge in [0.05, 0.1) is 23.5 Å². The Morgan fingerprint density at radius 2 is 2.05 bits per heavy atom. The Kier molecular flexibility index (Phi) is 5.48. The molecule has 6 nitrogen and oxygen atoms in total. The fourth-order valence-corrected chi connectivity index (χ4v) is 2.43. The molecule has 0 aromatic heterocycles. The molecule has 0 heterocycles. The number of rotatable bonds is 6. The zero-order chi connectivity index (χ0) is 14.3. The van der Waals surface area contributed by atoms with Crippen molar-refractivity contribution >= 4 is 21.6 Å². The number of nitrogens with one attached hydrogen (secondary N) is 2. The average molecular weight is 281 g/mol. The van der Waals surface area contributed by atoms with E-state index in [0.29, 0.717) is 17.7 Å². The van der Waals surface area contributed by atoms with Gasteiger partial charge in [0.2, 0.25) is 15.9 Å². The number of para-hydroxylation sites is 1. The van der Waals surface area contributed by atoms with Gasteiger partial charge in [0.25, 0.3) is 0 Å². The number of hydrogen-bond acceptors (Lipinski definition) is 4. The quantitative estimate of drug-likeness (QED) is 0.806. The van der Waals surface area contributed by atoms with Crippen molar-refractivity contribution in [3.8, 4) is 6.07 Å². The Labute approximate surface area is 112 Å². The van der Waals surface area contributed by atoms with Crippen LogP contribution in [0.1, 0.15) is 18.9 Å². The van der Waals surface area contributed by atoms with E-state index in [1.165, 1.54) is 0 Å². The maximum Gasteiger partial charge on any atom is 0.239 e. The molecule has 2 N–H and O–H groups in total. The minimum Gasteiger partial charge on any atom is -0.324 e. The molecule has 0 aliphatic carbocycles. The fourth-order valence-electron chi connectivity index (χ4n) is 1.40. The maximum atomic E-state index is 11.6. The van der Waals surface area contributed by atoms with E-state index < -0.39 is 15.9 Å². The Balaban J connectivity index is 2.60. The molecule has 7 heteroatoms. The van der Waals surface area contributed by atoms with Gasteiger partial charge in [0, 0.05) is 0 Å². The Morgan fingerprint density at radius 3 is 2.68 bits per heavy atom. The first-order valence-corrected chi connectivity index (χ1v) is 7.40. The molecule has 1 aromatic rings. The molecule has 0 bridgehead atoms. The van der Waals surface area contributed by atoms with Gasteiger partial charge in [-0.25, -0.2) is 13.1 Å². The first-order valence-electron chi connectivity index (χ1n) is 5.75. The number of hydrogen-bond donors (Lipinski definition) is 2. The smallest absolute Gasteiger partial charge is 0.239 e. The highest BCUT2D eigenvalue weighted by Gasteiger charge is 2.12. The van der Waals surface area contributed by atoms with Crippen molar-refractivity contribution < 1.29 is 13.2 Å². The monoisotopic (exact) mass is 281 g/mol. The molecular formula is C12H15N3O3S. The molecule has 0 aliphatic rings. The van der Waals surface area contributed by atoms with Gasteiger partial charge >= 0.3 is 0 Å². The molecule has 19 heavy (non-hydrogen) atoms. The Morgan fingerprint density at radius 1 is 1.37 bits per heavy atom. The summed E-state index contributed by atoms with van der Waals surface area (Å²) in [5.74, 6) is -0.530. The minimum atomic E-state index is -3.41. The zero-order valence-corrected chi connectivity index (χ0v) is 11.3. The van der Waals surface area contributed by atoms with Crippen molar-refractivity contribution in [3.05, 3.63) is 29.8 Å². The molecule has 0 saturated carbocycles. The average Bonchev–Trinajstić information content (AvgIpc) is 2.37. The summed E-state index contributed by atoms with van der Waals surface area (Å²) in [6, 6.07) is 8.44. The molecule has 0 aliphatic heterocycles. The van der Waals surface area contributed by atoms with Crippen LogP contribution in [0.3, 0.4) is 0 Å². The SMILES string of the molecule is CCCS(=O)(=O)NCC(=O)Nc1ccccc1C#N. The number of benzene rings is 1. The van der Waals surface area contributed by atoms with Crippen LogP contribution in [-0.4, -0.2) is 26.6 Å². The molecule has 0 radical (unpaired) electrons. The summed E-state index contributed by atoms with van der Waals surface area (Å²) in [7, 11) is -3.41. The van der Waals surface area contributed by atoms with Crippen LogP contribution in [-0.2, 0) is 14.8 Å². The molecule has 0 saturated heterocycles. The fraction of sp³-hybridized carbons (Fsp3) is 0.333. The van der Waals surface area contributed by atoms with Crippen molar-refractivity contribution in [1.82, 2.24) is 4.72 Å². The first kappa shape index (κ1) is 15.1. The Hall–Kier alpha value is -1.91. The van der Waals surface area contributed by atoms with Crippen LogP contribution in [0.5, 0.6) is 0 Å². The second kappa shape index (κ2) is 6.87. The van der Waals surface area contributed by atoms with Crippen LogP contribution in [0.2, 0.25) is 0 Å². The molecule has 102 valence electrons. The molecule has 1 rings (SSSR count). The van der Waals surface area contributed by atoms with Gasteiger partial charge in [-0.3, -0.25) is 4.79 Å². The normalized spacial score (nSPS) is 10.7. The zero-order valence-electron chi connectivity index (χ0n) is 10.5. The molecular weight excluding hydrogens is 266 g/mol. The van der Waals surface area contributed by atoms with Gasteiger partial charge in [0.1, 0.15) is 6.07 Å². The third kappa shape index (κ3) is 5.07. The van der Waals surface area contributed by atoms with Crippen LogP contribution >= 0.6 is 0 Å². The lowest BCUT2D eigenvalue weighted by Crippen LogP contribution is -2.34. The number of anilines is 1. The van der Waals surface area contributed by atoms with Crippen LogP contribution < -0.4 is 10.0 Å². The largest absolute Gasteiger partial charge is 0.324 e. The standard InChI is InChI=1S/C12H15N3O3S/c1-2-7-19(17,18)14-9-12(16)15-11-6-4-3-5-10(11)8-13/h3-6,14H,2,7,9H2,1H3,(H,15,16). The summed E-state index contributed by atoms with van der Waals surface area (Å²) < 4.78 is 24.9. The van der Waals surface area contributed by atoms with Gasteiger partial charge < -0.3 is 5.32 Å². The van der Waals surface area contributed by atoms with E-state index in [1.807, 2.05) is 6.07 Å². The van der Waals surface area contributed by atoms with E-state index in [0.717, 1.165) is 0 Å². The number of sulfonamides is 1. The maximum absolute atomic E-state index is 11.6. The molecule has 1 aromatic carbocycles. The predicted molar refractivity (Wildman–Crippen MR) is 71.9 cm³/mol. The molecule has 0 unspecified atom stereocenters. The van der Waals surface area contributed by atoms with Gasteiger partial charge in [-0.2, -0.15) is 5.26 Å². The van der Waals surface area contributed by atoms with Crippen molar-refractivity contribution in [1.29, 1.82) is 5.26 Å². The van der Waals surface area contributed by atoms with Crippen LogP contribution in [0.15, 0.2) is 24.3 Å². The highest BCUT2D eigenvalue weighted by molar-refractivity contribution is 7.89. The van der Waals surface area contributed by atoms with Crippen molar-refractivity contribution in [3.63, 3.8) is 0 Å². The first-order chi connectivity index (χ1) is 8.98. The topological polar surface area (TPSA) is 99.1 Å². The van der Waals surface area contributed by atoms with E-state index in [2.05, 4.69) is 10.0 Å². The molecule has 0 spiro atoms. The summed E-state index contributed by atoms with van der Waals surface area (Å²) in [6.07, 6.45) is 0.480. The summed E-state index contributed by atoms with van der Waals surface area (Å²) in [4.78, 5) is 11.6. The van der Waals surface area contributed by atoms with Crippen molar-refractivity contribution in [2.75, 3.05) is 17.6 Å². The lowest BCUT2D eigenvalue weighted by molar-refractivity contribution is -0.115.